The molecule has 0 aliphatic heterocycles. The van der Waals surface area contributed by atoms with Crippen LogP contribution in [0.1, 0.15) is 0 Å². The van der Waals surface area contributed by atoms with Crippen molar-refractivity contribution in [1.29, 1.82) is 0 Å². The highest BCUT2D eigenvalue weighted by molar-refractivity contribution is 7.85. The molecular weight excluding hydrogens is 230 g/mol. The van der Waals surface area contributed by atoms with Gasteiger partial charge in [0, 0.05) is 11.8 Å². The number of benzene rings is 1. The van der Waals surface area contributed by atoms with Crippen LogP contribution in [0.25, 0.3) is 11.4 Å². The summed E-state index contributed by atoms with van der Waals surface area (Å²) < 4.78 is 30.4. The first kappa shape index (κ1) is 10.7. The molecule has 0 amide bonds. The minimum absolute atomic E-state index is 0.167. The van der Waals surface area contributed by atoms with E-state index < -0.39 is 10.1 Å². The third-order valence-corrected chi connectivity index (χ3v) is 2.76. The normalized spacial score (nSPS) is 11.3. The molecule has 2 aromatic rings. The lowest BCUT2D eigenvalue weighted by atomic mass is 10.2. The van der Waals surface area contributed by atoms with E-state index in [0.717, 1.165) is 0 Å². The summed E-state index contributed by atoms with van der Waals surface area (Å²) in [4.78, 5) is 3.79. The van der Waals surface area contributed by atoms with Gasteiger partial charge >= 0.3 is 0 Å². The number of hydrogen-bond donors (Lipinski definition) is 1. The molecule has 16 heavy (non-hydrogen) atoms. The molecule has 82 valence electrons. The fourth-order valence-electron chi connectivity index (χ4n) is 1.16. The van der Waals surface area contributed by atoms with Crippen LogP contribution in [0.2, 0.25) is 0 Å². The molecule has 0 atom stereocenters. The average molecular weight is 237 g/mol. The number of hydrogen-bond acceptors (Lipinski definition) is 5. The third kappa shape index (κ3) is 2.20. The van der Waals surface area contributed by atoms with Gasteiger partial charge in [0.15, 0.2) is 5.82 Å². The van der Waals surface area contributed by atoms with E-state index in [-0.39, 0.29) is 4.90 Å². The Labute approximate surface area is 91.7 Å². The topological polar surface area (TPSA) is 93.0 Å². The predicted octanol–water partition coefficient (Wildman–Crippen LogP) is 0.785. The van der Waals surface area contributed by atoms with E-state index in [2.05, 4.69) is 15.2 Å². The lowest BCUT2D eigenvalue weighted by molar-refractivity contribution is 0.483. The summed E-state index contributed by atoms with van der Waals surface area (Å²) in [7, 11) is -4.16. The molecule has 0 unspecified atom stereocenters. The first-order valence-corrected chi connectivity index (χ1v) is 5.73. The van der Waals surface area contributed by atoms with Crippen LogP contribution in [0.4, 0.5) is 0 Å². The molecule has 0 aliphatic rings. The Kier molecular flexibility index (Phi) is 2.63. The lowest BCUT2D eigenvalue weighted by Crippen LogP contribution is -1.98. The summed E-state index contributed by atoms with van der Waals surface area (Å²) in [5.74, 6) is 0.393. The van der Waals surface area contributed by atoms with Crippen molar-refractivity contribution in [2.24, 2.45) is 0 Å². The summed E-state index contributed by atoms with van der Waals surface area (Å²) in [6.07, 6.45) is 2.93. The van der Waals surface area contributed by atoms with Crippen LogP contribution < -0.4 is 0 Å². The number of aromatic nitrogens is 3. The van der Waals surface area contributed by atoms with Gasteiger partial charge in [0.2, 0.25) is 0 Å². The van der Waals surface area contributed by atoms with Gasteiger partial charge < -0.3 is 0 Å². The van der Waals surface area contributed by atoms with Gasteiger partial charge in [0.25, 0.3) is 10.1 Å². The van der Waals surface area contributed by atoms with Crippen molar-refractivity contribution in [2.45, 2.75) is 4.90 Å². The monoisotopic (exact) mass is 237 g/mol. The van der Waals surface area contributed by atoms with Crippen LogP contribution in [0, 0.1) is 0 Å². The Morgan fingerprint density at radius 3 is 2.25 bits per heavy atom. The second kappa shape index (κ2) is 3.95. The van der Waals surface area contributed by atoms with Crippen molar-refractivity contribution in [2.75, 3.05) is 0 Å². The highest BCUT2D eigenvalue weighted by Gasteiger charge is 2.09. The van der Waals surface area contributed by atoms with E-state index in [0.29, 0.717) is 11.4 Å². The SMILES string of the molecule is O=S(=O)(O)c1ccc(-c2nccnn2)cc1. The quantitative estimate of drug-likeness (QED) is 0.776. The van der Waals surface area contributed by atoms with E-state index in [1.165, 1.54) is 36.7 Å². The van der Waals surface area contributed by atoms with Gasteiger partial charge in [-0.05, 0) is 24.3 Å². The molecule has 0 aliphatic carbocycles. The minimum Gasteiger partial charge on any atom is -0.282 e. The second-order valence-electron chi connectivity index (χ2n) is 2.97. The Morgan fingerprint density at radius 2 is 1.75 bits per heavy atom. The van der Waals surface area contributed by atoms with Crippen molar-refractivity contribution in [3.63, 3.8) is 0 Å². The van der Waals surface area contributed by atoms with Crippen molar-refractivity contribution < 1.29 is 13.0 Å². The van der Waals surface area contributed by atoms with E-state index in [4.69, 9.17) is 4.55 Å². The molecule has 0 saturated carbocycles. The highest BCUT2D eigenvalue weighted by atomic mass is 32.2. The van der Waals surface area contributed by atoms with Gasteiger partial charge in [-0.3, -0.25) is 4.55 Å². The number of nitrogens with zero attached hydrogens (tertiary/aromatic N) is 3. The largest absolute Gasteiger partial charge is 0.294 e. The molecule has 0 fully saturated rings. The zero-order valence-electron chi connectivity index (χ0n) is 7.98. The minimum atomic E-state index is -4.16. The van der Waals surface area contributed by atoms with Crippen LogP contribution in [-0.4, -0.2) is 28.2 Å². The predicted molar refractivity (Wildman–Crippen MR) is 55.1 cm³/mol. The summed E-state index contributed by atoms with van der Waals surface area (Å²) in [5, 5.41) is 7.42. The molecule has 6 nitrogen and oxygen atoms in total. The molecule has 1 heterocycles. The van der Waals surface area contributed by atoms with Gasteiger partial charge in [0.05, 0.1) is 11.1 Å². The molecule has 7 heteroatoms. The van der Waals surface area contributed by atoms with Crippen LogP contribution in [0.3, 0.4) is 0 Å². The second-order valence-corrected chi connectivity index (χ2v) is 4.39. The maximum atomic E-state index is 10.8. The van der Waals surface area contributed by atoms with E-state index in [1.807, 2.05) is 0 Å². The summed E-state index contributed by atoms with van der Waals surface area (Å²) >= 11 is 0. The van der Waals surface area contributed by atoms with Crippen LogP contribution in [0.5, 0.6) is 0 Å². The molecule has 2 rings (SSSR count). The Bertz CT molecular complexity index is 581. The molecular formula is C9H7N3O3S. The molecule has 1 aromatic carbocycles. The van der Waals surface area contributed by atoms with Crippen LogP contribution in [0.15, 0.2) is 41.6 Å². The smallest absolute Gasteiger partial charge is 0.282 e. The maximum Gasteiger partial charge on any atom is 0.294 e. The molecule has 0 spiro atoms. The molecule has 1 aromatic heterocycles. The van der Waals surface area contributed by atoms with E-state index in [9.17, 15) is 8.42 Å². The third-order valence-electron chi connectivity index (χ3n) is 1.89. The van der Waals surface area contributed by atoms with Crippen molar-refractivity contribution >= 4 is 10.1 Å². The van der Waals surface area contributed by atoms with Gasteiger partial charge in [-0.2, -0.15) is 13.5 Å². The van der Waals surface area contributed by atoms with Gasteiger partial charge in [-0.1, -0.05) is 0 Å². The zero-order chi connectivity index (χ0) is 11.6. The fourth-order valence-corrected chi connectivity index (χ4v) is 1.64. The molecule has 0 saturated heterocycles. The number of rotatable bonds is 2. The Balaban J connectivity index is 2.41. The maximum absolute atomic E-state index is 10.8. The summed E-state index contributed by atoms with van der Waals surface area (Å²) in [6, 6.07) is 5.56. The molecule has 0 bridgehead atoms. The van der Waals surface area contributed by atoms with Gasteiger partial charge in [0.1, 0.15) is 0 Å². The lowest BCUT2D eigenvalue weighted by Gasteiger charge is -1.99. The van der Waals surface area contributed by atoms with E-state index in [1.54, 1.807) is 0 Å². The Morgan fingerprint density at radius 1 is 1.06 bits per heavy atom. The van der Waals surface area contributed by atoms with E-state index >= 15 is 0 Å². The Hall–Kier alpha value is -1.86. The first-order valence-electron chi connectivity index (χ1n) is 4.29. The van der Waals surface area contributed by atoms with Crippen molar-refractivity contribution in [3.8, 4) is 11.4 Å². The van der Waals surface area contributed by atoms with Gasteiger partial charge in [-0.15, -0.1) is 5.10 Å². The molecule has 0 radical (unpaired) electrons. The summed E-state index contributed by atoms with van der Waals surface area (Å²) in [5.41, 5.74) is 0.625. The standard InChI is InChI=1S/C9H7N3O3S/c13-16(14,15)8-3-1-7(2-4-8)9-10-5-6-11-12-9/h1-6H,(H,13,14,15). The first-order chi connectivity index (χ1) is 7.57. The fraction of sp³-hybridized carbons (Fsp3) is 0. The van der Waals surface area contributed by atoms with Crippen molar-refractivity contribution in [1.82, 2.24) is 15.2 Å². The van der Waals surface area contributed by atoms with Gasteiger partial charge in [-0.25, -0.2) is 4.98 Å². The van der Waals surface area contributed by atoms with Crippen molar-refractivity contribution in [3.05, 3.63) is 36.7 Å². The summed E-state index contributed by atoms with van der Waals surface area (Å²) in [6.45, 7) is 0. The molecule has 1 N–H and O–H groups in total. The van der Waals surface area contributed by atoms with Crippen LogP contribution >= 0.6 is 0 Å². The zero-order valence-corrected chi connectivity index (χ0v) is 8.79. The average Bonchev–Trinajstić information content (AvgIpc) is 2.29. The van der Waals surface area contributed by atoms with Crippen LogP contribution in [-0.2, 0) is 10.1 Å². The highest BCUT2D eigenvalue weighted by Crippen LogP contribution is 2.16.